The molecular weight excluding hydrogens is 306 g/mol. The van der Waals surface area contributed by atoms with E-state index in [9.17, 15) is 4.79 Å². The predicted octanol–water partition coefficient (Wildman–Crippen LogP) is 2.82. The summed E-state index contributed by atoms with van der Waals surface area (Å²) in [6.45, 7) is 0.137. The summed E-state index contributed by atoms with van der Waals surface area (Å²) < 4.78 is 10.4. The first-order chi connectivity index (χ1) is 11.5. The Kier molecular flexibility index (Phi) is 5.89. The van der Waals surface area contributed by atoms with E-state index in [0.717, 1.165) is 17.1 Å². The van der Waals surface area contributed by atoms with E-state index in [-0.39, 0.29) is 12.5 Å². The number of benzene rings is 2. The molecule has 2 aromatic carbocycles. The van der Waals surface area contributed by atoms with Gasteiger partial charge in [-0.05, 0) is 36.4 Å². The van der Waals surface area contributed by atoms with Gasteiger partial charge >= 0.3 is 0 Å². The van der Waals surface area contributed by atoms with E-state index < -0.39 is 0 Å². The van der Waals surface area contributed by atoms with Crippen LogP contribution < -0.4 is 25.0 Å². The number of amides is 1. The number of methoxy groups -OCH3 is 2. The van der Waals surface area contributed by atoms with Gasteiger partial charge in [0.05, 0.1) is 26.5 Å². The molecule has 0 bridgehead atoms. The number of carbonyl (C=O) groups excluding carboxylic acids is 1. The van der Waals surface area contributed by atoms with Gasteiger partial charge in [-0.15, -0.1) is 0 Å². The Morgan fingerprint density at radius 1 is 1.04 bits per heavy atom. The summed E-state index contributed by atoms with van der Waals surface area (Å²) in [4.78, 5) is 14.1. The zero-order valence-corrected chi connectivity index (χ0v) is 14.4. The van der Waals surface area contributed by atoms with Gasteiger partial charge in [0.1, 0.15) is 11.5 Å². The molecule has 0 unspecified atom stereocenters. The number of anilines is 3. The van der Waals surface area contributed by atoms with Crippen LogP contribution in [0.1, 0.15) is 0 Å². The first-order valence-corrected chi connectivity index (χ1v) is 7.56. The molecule has 24 heavy (non-hydrogen) atoms. The lowest BCUT2D eigenvalue weighted by Gasteiger charge is -2.14. The predicted molar refractivity (Wildman–Crippen MR) is 97.4 cm³/mol. The second kappa shape index (κ2) is 8.10. The van der Waals surface area contributed by atoms with Crippen LogP contribution in [0.4, 0.5) is 17.1 Å². The molecule has 0 saturated heterocycles. The third-order valence-electron chi connectivity index (χ3n) is 3.52. The highest BCUT2D eigenvalue weighted by molar-refractivity contribution is 5.94. The molecule has 0 heterocycles. The average Bonchev–Trinajstić information content (AvgIpc) is 2.60. The standard InChI is InChI=1S/C18H23N3O3/c1-21(2)14-7-5-13(6-8-14)20-18(22)12-19-16-10-9-15(23-3)11-17(16)24-4/h5-11,19H,12H2,1-4H3,(H,20,22). The van der Waals surface area contributed by atoms with Crippen LogP contribution in [0, 0.1) is 0 Å². The van der Waals surface area contributed by atoms with Gasteiger partial charge in [0.2, 0.25) is 5.91 Å². The number of hydrogen-bond acceptors (Lipinski definition) is 5. The minimum absolute atomic E-state index is 0.134. The summed E-state index contributed by atoms with van der Waals surface area (Å²) in [5.74, 6) is 1.19. The van der Waals surface area contributed by atoms with Gasteiger partial charge in [-0.25, -0.2) is 0 Å². The SMILES string of the molecule is COc1ccc(NCC(=O)Nc2ccc(N(C)C)cc2)c(OC)c1. The summed E-state index contributed by atoms with van der Waals surface area (Å²) in [6, 6.07) is 13.0. The van der Waals surface area contributed by atoms with Crippen molar-refractivity contribution >= 4 is 23.0 Å². The molecule has 0 aliphatic carbocycles. The van der Waals surface area contributed by atoms with Crippen LogP contribution >= 0.6 is 0 Å². The van der Waals surface area contributed by atoms with E-state index in [1.54, 1.807) is 20.3 Å². The lowest BCUT2D eigenvalue weighted by Crippen LogP contribution is -2.22. The van der Waals surface area contributed by atoms with Gasteiger partial charge in [-0.3, -0.25) is 4.79 Å². The topological polar surface area (TPSA) is 62.8 Å². The third kappa shape index (κ3) is 4.55. The number of nitrogens with one attached hydrogen (secondary N) is 2. The van der Waals surface area contributed by atoms with Crippen LogP contribution in [0.25, 0.3) is 0 Å². The Bertz CT molecular complexity index is 684. The van der Waals surface area contributed by atoms with Crippen molar-refractivity contribution in [3.8, 4) is 11.5 Å². The minimum Gasteiger partial charge on any atom is -0.497 e. The van der Waals surface area contributed by atoms with Crippen LogP contribution in [-0.2, 0) is 4.79 Å². The molecule has 0 radical (unpaired) electrons. The largest absolute Gasteiger partial charge is 0.497 e. The number of nitrogens with zero attached hydrogens (tertiary/aromatic N) is 1. The van der Waals surface area contributed by atoms with Crippen LogP contribution in [0.15, 0.2) is 42.5 Å². The van der Waals surface area contributed by atoms with E-state index in [1.165, 1.54) is 0 Å². The fourth-order valence-electron chi connectivity index (χ4n) is 2.17. The summed E-state index contributed by atoms with van der Waals surface area (Å²) in [6.07, 6.45) is 0. The van der Waals surface area contributed by atoms with Crippen molar-refractivity contribution in [3.05, 3.63) is 42.5 Å². The molecule has 2 rings (SSSR count). The maximum absolute atomic E-state index is 12.1. The second-order valence-corrected chi connectivity index (χ2v) is 5.41. The summed E-state index contributed by atoms with van der Waals surface area (Å²) in [5, 5.41) is 5.92. The molecule has 6 nitrogen and oxygen atoms in total. The van der Waals surface area contributed by atoms with Gasteiger partial charge in [-0.2, -0.15) is 0 Å². The van der Waals surface area contributed by atoms with E-state index >= 15 is 0 Å². The van der Waals surface area contributed by atoms with Crippen molar-refractivity contribution in [2.75, 3.05) is 50.4 Å². The van der Waals surface area contributed by atoms with Gasteiger partial charge in [0.15, 0.2) is 0 Å². The smallest absolute Gasteiger partial charge is 0.243 e. The molecular formula is C18H23N3O3. The Morgan fingerprint density at radius 2 is 1.75 bits per heavy atom. The molecule has 6 heteroatoms. The Morgan fingerprint density at radius 3 is 2.33 bits per heavy atom. The third-order valence-corrected chi connectivity index (χ3v) is 3.52. The van der Waals surface area contributed by atoms with Gasteiger partial charge in [0.25, 0.3) is 0 Å². The van der Waals surface area contributed by atoms with Gasteiger partial charge in [0, 0.05) is 31.5 Å². The van der Waals surface area contributed by atoms with Crippen LogP contribution in [0.2, 0.25) is 0 Å². The molecule has 0 fully saturated rings. The lowest BCUT2D eigenvalue weighted by molar-refractivity contribution is -0.114. The van der Waals surface area contributed by atoms with E-state index in [2.05, 4.69) is 10.6 Å². The monoisotopic (exact) mass is 329 g/mol. The van der Waals surface area contributed by atoms with Crippen molar-refractivity contribution < 1.29 is 14.3 Å². The van der Waals surface area contributed by atoms with Crippen LogP contribution in [0.5, 0.6) is 11.5 Å². The zero-order valence-electron chi connectivity index (χ0n) is 14.4. The van der Waals surface area contributed by atoms with Crippen LogP contribution in [0.3, 0.4) is 0 Å². The maximum Gasteiger partial charge on any atom is 0.243 e. The molecule has 0 spiro atoms. The van der Waals surface area contributed by atoms with Crippen molar-refractivity contribution in [2.24, 2.45) is 0 Å². The lowest BCUT2D eigenvalue weighted by atomic mass is 10.2. The number of carbonyl (C=O) groups is 1. The summed E-state index contributed by atoms with van der Waals surface area (Å²) in [7, 11) is 7.11. The van der Waals surface area contributed by atoms with E-state index in [4.69, 9.17) is 9.47 Å². The number of rotatable bonds is 7. The van der Waals surface area contributed by atoms with Crippen molar-refractivity contribution in [1.82, 2.24) is 0 Å². The Balaban J connectivity index is 1.93. The second-order valence-electron chi connectivity index (χ2n) is 5.41. The van der Waals surface area contributed by atoms with Gasteiger partial charge < -0.3 is 25.0 Å². The van der Waals surface area contributed by atoms with Crippen LogP contribution in [-0.4, -0.2) is 40.8 Å². The van der Waals surface area contributed by atoms with Crippen molar-refractivity contribution in [2.45, 2.75) is 0 Å². The number of hydrogen-bond donors (Lipinski definition) is 2. The molecule has 2 N–H and O–H groups in total. The first kappa shape index (κ1) is 17.5. The Labute approximate surface area is 142 Å². The molecule has 0 aromatic heterocycles. The highest BCUT2D eigenvalue weighted by Crippen LogP contribution is 2.28. The molecule has 128 valence electrons. The summed E-state index contributed by atoms with van der Waals surface area (Å²) in [5.41, 5.74) is 2.57. The number of ether oxygens (including phenoxy) is 2. The minimum atomic E-state index is -0.134. The first-order valence-electron chi connectivity index (χ1n) is 7.56. The normalized spacial score (nSPS) is 10.0. The molecule has 0 atom stereocenters. The molecule has 0 aliphatic rings. The quantitative estimate of drug-likeness (QED) is 0.818. The fourth-order valence-corrected chi connectivity index (χ4v) is 2.17. The average molecular weight is 329 g/mol. The van der Waals surface area contributed by atoms with E-state index in [0.29, 0.717) is 11.5 Å². The van der Waals surface area contributed by atoms with Crippen molar-refractivity contribution in [3.63, 3.8) is 0 Å². The maximum atomic E-state index is 12.1. The fraction of sp³-hybridized carbons (Fsp3) is 0.278. The Hall–Kier alpha value is -2.89. The summed E-state index contributed by atoms with van der Waals surface area (Å²) >= 11 is 0. The van der Waals surface area contributed by atoms with Crippen molar-refractivity contribution in [1.29, 1.82) is 0 Å². The molecule has 0 saturated carbocycles. The zero-order chi connectivity index (χ0) is 17.5. The highest BCUT2D eigenvalue weighted by Gasteiger charge is 2.07. The molecule has 0 aliphatic heterocycles. The van der Waals surface area contributed by atoms with E-state index in [1.807, 2.05) is 55.4 Å². The highest BCUT2D eigenvalue weighted by atomic mass is 16.5. The molecule has 1 amide bonds. The molecule has 2 aromatic rings. The van der Waals surface area contributed by atoms with Gasteiger partial charge in [-0.1, -0.05) is 0 Å².